The number of amides is 1. The van der Waals surface area contributed by atoms with E-state index in [1.54, 1.807) is 5.38 Å². The second kappa shape index (κ2) is 4.13. The Kier molecular flexibility index (Phi) is 2.82. The number of carboxylic acid groups (broad SMARTS) is 1. The summed E-state index contributed by atoms with van der Waals surface area (Å²) in [5.41, 5.74) is 1.11. The Morgan fingerprint density at radius 2 is 2.38 bits per heavy atom. The molecule has 86 valence electrons. The second-order valence-electron chi connectivity index (χ2n) is 3.63. The van der Waals surface area contributed by atoms with Gasteiger partial charge in [0.1, 0.15) is 10.9 Å². The molecule has 16 heavy (non-hydrogen) atoms. The molecule has 1 unspecified atom stereocenters. The molecule has 0 fully saturated rings. The quantitative estimate of drug-likeness (QED) is 0.754. The number of hydrogen-bond acceptors (Lipinski definition) is 4. The third-order valence-electron chi connectivity index (χ3n) is 2.46. The van der Waals surface area contributed by atoms with Crippen molar-refractivity contribution in [1.82, 2.24) is 0 Å². The van der Waals surface area contributed by atoms with Crippen molar-refractivity contribution in [3.8, 4) is 0 Å². The van der Waals surface area contributed by atoms with Crippen LogP contribution in [0.1, 0.15) is 29.4 Å². The minimum atomic E-state index is -1.01. The van der Waals surface area contributed by atoms with Crippen LogP contribution >= 0.6 is 11.3 Å². The Bertz CT molecular complexity index is 441. The van der Waals surface area contributed by atoms with Crippen molar-refractivity contribution in [2.45, 2.75) is 25.8 Å². The van der Waals surface area contributed by atoms with Crippen molar-refractivity contribution in [2.24, 2.45) is 0 Å². The highest BCUT2D eigenvalue weighted by atomic mass is 32.1. The fraction of sp³-hybridized carbons (Fsp3) is 0.400. The number of thiophene rings is 1. The molecule has 0 aliphatic carbocycles. The molecule has 1 amide bonds. The van der Waals surface area contributed by atoms with Gasteiger partial charge in [-0.25, -0.2) is 4.79 Å². The Labute approximate surface area is 96.5 Å². The van der Waals surface area contributed by atoms with Crippen LogP contribution in [0.3, 0.4) is 0 Å². The first-order valence-electron chi connectivity index (χ1n) is 5.05. The number of carbonyl (C=O) groups is 2. The van der Waals surface area contributed by atoms with Gasteiger partial charge < -0.3 is 15.7 Å². The molecule has 3 N–H and O–H groups in total. The topological polar surface area (TPSA) is 78.4 Å². The molecule has 1 atom stereocenters. The number of carboxylic acids is 1. The molecule has 5 nitrogen and oxygen atoms in total. The predicted molar refractivity (Wildman–Crippen MR) is 62.2 cm³/mol. The van der Waals surface area contributed by atoms with E-state index >= 15 is 0 Å². The van der Waals surface area contributed by atoms with Crippen molar-refractivity contribution in [2.75, 3.05) is 10.6 Å². The van der Waals surface area contributed by atoms with Gasteiger partial charge in [0.2, 0.25) is 5.91 Å². The highest BCUT2D eigenvalue weighted by Crippen LogP contribution is 2.36. The van der Waals surface area contributed by atoms with Crippen LogP contribution in [0, 0.1) is 0 Å². The molecule has 1 aliphatic rings. The lowest BCUT2D eigenvalue weighted by Gasteiger charge is -2.24. The van der Waals surface area contributed by atoms with Gasteiger partial charge in [0.15, 0.2) is 0 Å². The minimum absolute atomic E-state index is 0.157. The van der Waals surface area contributed by atoms with Gasteiger partial charge in [0.25, 0.3) is 0 Å². The molecule has 0 radical (unpaired) electrons. The van der Waals surface area contributed by atoms with Crippen molar-refractivity contribution < 1.29 is 14.7 Å². The third-order valence-corrected chi connectivity index (χ3v) is 3.43. The van der Waals surface area contributed by atoms with Crippen LogP contribution in [-0.4, -0.2) is 23.0 Å². The van der Waals surface area contributed by atoms with Gasteiger partial charge in [-0.05, 0) is 6.42 Å². The van der Waals surface area contributed by atoms with E-state index in [1.165, 1.54) is 0 Å². The summed E-state index contributed by atoms with van der Waals surface area (Å²) in [4.78, 5) is 22.7. The molecule has 0 spiro atoms. The maximum Gasteiger partial charge on any atom is 0.348 e. The van der Waals surface area contributed by atoms with Crippen LogP contribution in [0.2, 0.25) is 0 Å². The standard InChI is InChI=1S/C10H12N2O3S/c1-2-3-5-9(13)12-7-6(11-5)4-16-8(7)10(14)15/h4-5,11H,2-3H2,1H3,(H,12,13)(H,14,15). The highest BCUT2D eigenvalue weighted by molar-refractivity contribution is 7.13. The van der Waals surface area contributed by atoms with Crippen molar-refractivity contribution >= 4 is 34.6 Å². The largest absolute Gasteiger partial charge is 0.477 e. The number of rotatable bonds is 3. The number of nitrogens with one attached hydrogen (secondary N) is 2. The highest BCUT2D eigenvalue weighted by Gasteiger charge is 2.29. The summed E-state index contributed by atoms with van der Waals surface area (Å²) in [6.07, 6.45) is 1.64. The van der Waals surface area contributed by atoms with E-state index in [4.69, 9.17) is 5.11 Å². The monoisotopic (exact) mass is 240 g/mol. The fourth-order valence-electron chi connectivity index (χ4n) is 1.70. The summed E-state index contributed by atoms with van der Waals surface area (Å²) in [5, 5.41) is 16.4. The first-order valence-corrected chi connectivity index (χ1v) is 5.93. The zero-order chi connectivity index (χ0) is 11.7. The van der Waals surface area contributed by atoms with E-state index in [2.05, 4.69) is 10.6 Å². The van der Waals surface area contributed by atoms with Crippen molar-refractivity contribution in [3.63, 3.8) is 0 Å². The van der Waals surface area contributed by atoms with E-state index in [1.807, 2.05) is 6.92 Å². The van der Waals surface area contributed by atoms with Crippen LogP contribution in [0.25, 0.3) is 0 Å². The second-order valence-corrected chi connectivity index (χ2v) is 4.51. The number of fused-ring (bicyclic) bond motifs is 1. The summed E-state index contributed by atoms with van der Waals surface area (Å²) in [7, 11) is 0. The van der Waals surface area contributed by atoms with Gasteiger partial charge in [-0.3, -0.25) is 4.79 Å². The SMILES string of the molecule is CCCC1Nc2csc(C(=O)O)c2NC1=O. The average molecular weight is 240 g/mol. The van der Waals surface area contributed by atoms with Crippen molar-refractivity contribution in [3.05, 3.63) is 10.3 Å². The molecule has 0 saturated heterocycles. The van der Waals surface area contributed by atoms with Gasteiger partial charge in [0, 0.05) is 5.38 Å². The van der Waals surface area contributed by atoms with Gasteiger partial charge in [-0.15, -0.1) is 11.3 Å². The van der Waals surface area contributed by atoms with E-state index in [0.29, 0.717) is 11.4 Å². The van der Waals surface area contributed by atoms with Crippen LogP contribution in [-0.2, 0) is 4.79 Å². The fourth-order valence-corrected chi connectivity index (χ4v) is 2.50. The number of aromatic carboxylic acids is 1. The van der Waals surface area contributed by atoms with E-state index < -0.39 is 5.97 Å². The summed E-state index contributed by atoms with van der Waals surface area (Å²) in [6, 6.07) is -0.256. The summed E-state index contributed by atoms with van der Waals surface area (Å²) >= 11 is 1.12. The van der Waals surface area contributed by atoms with E-state index in [0.717, 1.165) is 24.2 Å². The number of carbonyl (C=O) groups excluding carboxylic acids is 1. The van der Waals surface area contributed by atoms with Crippen LogP contribution in [0.15, 0.2) is 5.38 Å². The molecule has 1 aliphatic heterocycles. The molecular weight excluding hydrogens is 228 g/mol. The maximum absolute atomic E-state index is 11.7. The molecule has 2 rings (SSSR count). The summed E-state index contributed by atoms with van der Waals surface area (Å²) in [5.74, 6) is -1.17. The lowest BCUT2D eigenvalue weighted by Crippen LogP contribution is -2.38. The predicted octanol–water partition coefficient (Wildman–Crippen LogP) is 1.98. The molecule has 1 aromatic heterocycles. The van der Waals surface area contributed by atoms with Crippen molar-refractivity contribution in [1.29, 1.82) is 0 Å². The molecule has 0 saturated carbocycles. The first-order chi connectivity index (χ1) is 7.63. The normalized spacial score (nSPS) is 18.6. The Balaban J connectivity index is 2.29. The molecular formula is C10H12N2O3S. The Hall–Kier alpha value is -1.56. The van der Waals surface area contributed by atoms with Gasteiger partial charge in [0.05, 0.1) is 11.4 Å². The molecule has 6 heteroatoms. The van der Waals surface area contributed by atoms with Gasteiger partial charge >= 0.3 is 5.97 Å². The van der Waals surface area contributed by atoms with E-state index in [9.17, 15) is 9.59 Å². The smallest absolute Gasteiger partial charge is 0.348 e. The lowest BCUT2D eigenvalue weighted by molar-refractivity contribution is -0.117. The molecule has 1 aromatic rings. The zero-order valence-electron chi connectivity index (χ0n) is 8.74. The minimum Gasteiger partial charge on any atom is -0.477 e. The molecule has 0 bridgehead atoms. The Morgan fingerprint density at radius 1 is 1.62 bits per heavy atom. The van der Waals surface area contributed by atoms with E-state index in [-0.39, 0.29) is 16.8 Å². The average Bonchev–Trinajstić information content (AvgIpc) is 2.61. The number of hydrogen-bond donors (Lipinski definition) is 3. The number of anilines is 2. The summed E-state index contributed by atoms with van der Waals surface area (Å²) in [6.45, 7) is 2.00. The van der Waals surface area contributed by atoms with Gasteiger partial charge in [-0.2, -0.15) is 0 Å². The lowest BCUT2D eigenvalue weighted by atomic mass is 10.1. The van der Waals surface area contributed by atoms with Crippen LogP contribution in [0.5, 0.6) is 0 Å². The third kappa shape index (κ3) is 1.76. The van der Waals surface area contributed by atoms with Gasteiger partial charge in [-0.1, -0.05) is 13.3 Å². The first kappa shape index (κ1) is 10.9. The summed E-state index contributed by atoms with van der Waals surface area (Å²) < 4.78 is 0. The molecule has 0 aromatic carbocycles. The van der Waals surface area contributed by atoms with Crippen LogP contribution in [0.4, 0.5) is 11.4 Å². The zero-order valence-corrected chi connectivity index (χ0v) is 9.56. The molecule has 2 heterocycles. The maximum atomic E-state index is 11.7. The van der Waals surface area contributed by atoms with Crippen LogP contribution < -0.4 is 10.6 Å². The Morgan fingerprint density at radius 3 is 3.00 bits per heavy atom.